The smallest absolute Gasteiger partial charge is 0.0628 e. The maximum absolute atomic E-state index is 5.30. The van der Waals surface area contributed by atoms with Crippen LogP contribution in [0.15, 0.2) is 0 Å². The third-order valence-corrected chi connectivity index (χ3v) is 3.76. The Morgan fingerprint density at radius 3 is 2.59 bits per heavy atom. The molecule has 3 nitrogen and oxygen atoms in total. The number of hydrogen-bond donors (Lipinski definition) is 1. The molecule has 102 valence electrons. The highest BCUT2D eigenvalue weighted by Crippen LogP contribution is 2.21. The van der Waals surface area contributed by atoms with E-state index in [1.54, 1.807) is 7.11 Å². The van der Waals surface area contributed by atoms with E-state index in [1.807, 2.05) is 0 Å². The SMILES string of the molecule is CCCNC(COC)CN(C)C1CCCCC1. The molecule has 0 aromatic heterocycles. The Hall–Kier alpha value is -0.120. The molecule has 1 fully saturated rings. The van der Waals surface area contributed by atoms with Crippen LogP contribution in [0.2, 0.25) is 0 Å². The molecule has 0 radical (unpaired) electrons. The number of methoxy groups -OCH3 is 1. The van der Waals surface area contributed by atoms with Gasteiger partial charge in [-0.1, -0.05) is 26.2 Å². The van der Waals surface area contributed by atoms with Gasteiger partial charge in [0.2, 0.25) is 0 Å². The highest BCUT2D eigenvalue weighted by molar-refractivity contribution is 4.78. The highest BCUT2D eigenvalue weighted by atomic mass is 16.5. The van der Waals surface area contributed by atoms with Crippen molar-refractivity contribution < 1.29 is 4.74 Å². The molecule has 1 rings (SSSR count). The summed E-state index contributed by atoms with van der Waals surface area (Å²) in [7, 11) is 4.06. The molecule has 0 aromatic rings. The summed E-state index contributed by atoms with van der Waals surface area (Å²) < 4.78 is 5.30. The minimum Gasteiger partial charge on any atom is -0.383 e. The van der Waals surface area contributed by atoms with Crippen LogP contribution in [0.4, 0.5) is 0 Å². The minimum absolute atomic E-state index is 0.479. The summed E-state index contributed by atoms with van der Waals surface area (Å²) in [6.07, 6.45) is 8.19. The molecule has 0 bridgehead atoms. The molecular weight excluding hydrogens is 212 g/mol. The van der Waals surface area contributed by atoms with Crippen LogP contribution in [0.3, 0.4) is 0 Å². The van der Waals surface area contributed by atoms with Crippen molar-refractivity contribution in [1.82, 2.24) is 10.2 Å². The Morgan fingerprint density at radius 2 is 2.00 bits per heavy atom. The number of likely N-dealkylation sites (N-methyl/N-ethyl adjacent to an activating group) is 1. The van der Waals surface area contributed by atoms with Crippen LogP contribution in [0.5, 0.6) is 0 Å². The second kappa shape index (κ2) is 8.90. The molecule has 1 unspecified atom stereocenters. The summed E-state index contributed by atoms with van der Waals surface area (Å²) in [5.74, 6) is 0. The minimum atomic E-state index is 0.479. The van der Waals surface area contributed by atoms with Gasteiger partial charge in [-0.3, -0.25) is 0 Å². The highest BCUT2D eigenvalue weighted by Gasteiger charge is 2.20. The van der Waals surface area contributed by atoms with Gasteiger partial charge in [-0.05, 0) is 32.9 Å². The standard InChI is InChI=1S/C14H30N2O/c1-4-10-15-13(12-17-3)11-16(2)14-8-6-5-7-9-14/h13-15H,4-12H2,1-3H3. The molecule has 0 aromatic carbocycles. The molecular formula is C14H30N2O. The molecule has 0 amide bonds. The van der Waals surface area contributed by atoms with Crippen molar-refractivity contribution in [3.05, 3.63) is 0 Å². The molecule has 0 spiro atoms. The largest absolute Gasteiger partial charge is 0.383 e. The number of nitrogens with one attached hydrogen (secondary N) is 1. The van der Waals surface area contributed by atoms with Gasteiger partial charge in [-0.25, -0.2) is 0 Å². The molecule has 1 aliphatic rings. The summed E-state index contributed by atoms with van der Waals surface area (Å²) in [6.45, 7) is 5.23. The van der Waals surface area contributed by atoms with E-state index in [-0.39, 0.29) is 0 Å². The molecule has 1 N–H and O–H groups in total. The van der Waals surface area contributed by atoms with Crippen LogP contribution in [-0.2, 0) is 4.74 Å². The predicted octanol–water partition coefficient (Wildman–Crippen LogP) is 2.27. The molecule has 1 saturated carbocycles. The monoisotopic (exact) mass is 242 g/mol. The summed E-state index contributed by atoms with van der Waals surface area (Å²) >= 11 is 0. The molecule has 1 aliphatic carbocycles. The van der Waals surface area contributed by atoms with Crippen molar-refractivity contribution in [1.29, 1.82) is 0 Å². The zero-order chi connectivity index (χ0) is 12.5. The first-order chi connectivity index (χ1) is 8.27. The fourth-order valence-corrected chi connectivity index (χ4v) is 2.74. The second-order valence-corrected chi connectivity index (χ2v) is 5.34. The Kier molecular flexibility index (Phi) is 7.82. The normalized spacial score (nSPS) is 19.8. The lowest BCUT2D eigenvalue weighted by Crippen LogP contribution is -2.46. The van der Waals surface area contributed by atoms with Crippen LogP contribution in [-0.4, -0.2) is 50.8 Å². The lowest BCUT2D eigenvalue weighted by atomic mass is 9.94. The molecule has 1 atom stereocenters. The van der Waals surface area contributed by atoms with Crippen LogP contribution < -0.4 is 5.32 Å². The fraction of sp³-hybridized carbons (Fsp3) is 1.00. The van der Waals surface area contributed by atoms with Crippen molar-refractivity contribution in [3.63, 3.8) is 0 Å². The molecule has 3 heteroatoms. The van der Waals surface area contributed by atoms with Crippen LogP contribution in [0.1, 0.15) is 45.4 Å². The Bertz CT molecular complexity index is 181. The van der Waals surface area contributed by atoms with Gasteiger partial charge < -0.3 is 15.0 Å². The second-order valence-electron chi connectivity index (χ2n) is 5.34. The van der Waals surface area contributed by atoms with Gasteiger partial charge in [0.25, 0.3) is 0 Å². The predicted molar refractivity (Wildman–Crippen MR) is 73.5 cm³/mol. The van der Waals surface area contributed by atoms with Crippen molar-refractivity contribution in [2.45, 2.75) is 57.5 Å². The van der Waals surface area contributed by atoms with Gasteiger partial charge in [0.15, 0.2) is 0 Å². The van der Waals surface area contributed by atoms with Gasteiger partial charge in [0.05, 0.1) is 6.61 Å². The van der Waals surface area contributed by atoms with Crippen molar-refractivity contribution in [2.24, 2.45) is 0 Å². The Labute approximate surface area is 107 Å². The van der Waals surface area contributed by atoms with E-state index < -0.39 is 0 Å². The zero-order valence-corrected chi connectivity index (χ0v) is 11.9. The van der Waals surface area contributed by atoms with Crippen molar-refractivity contribution in [3.8, 4) is 0 Å². The zero-order valence-electron chi connectivity index (χ0n) is 11.9. The van der Waals surface area contributed by atoms with Gasteiger partial charge in [-0.15, -0.1) is 0 Å². The van der Waals surface area contributed by atoms with E-state index in [2.05, 4.69) is 24.2 Å². The fourth-order valence-electron chi connectivity index (χ4n) is 2.74. The maximum Gasteiger partial charge on any atom is 0.0628 e. The van der Waals surface area contributed by atoms with Crippen LogP contribution in [0, 0.1) is 0 Å². The number of rotatable bonds is 8. The lowest BCUT2D eigenvalue weighted by Gasteiger charge is -2.33. The summed E-state index contributed by atoms with van der Waals surface area (Å²) in [4.78, 5) is 2.53. The average Bonchev–Trinajstić information content (AvgIpc) is 2.37. The summed E-state index contributed by atoms with van der Waals surface area (Å²) in [6, 6.07) is 1.28. The first kappa shape index (κ1) is 14.9. The van der Waals surface area contributed by atoms with Gasteiger partial charge >= 0.3 is 0 Å². The van der Waals surface area contributed by atoms with E-state index in [0.29, 0.717) is 6.04 Å². The van der Waals surface area contributed by atoms with Gasteiger partial charge in [-0.2, -0.15) is 0 Å². The van der Waals surface area contributed by atoms with Crippen molar-refractivity contribution in [2.75, 3.05) is 33.9 Å². The summed E-state index contributed by atoms with van der Waals surface area (Å²) in [5.41, 5.74) is 0. The molecule has 17 heavy (non-hydrogen) atoms. The topological polar surface area (TPSA) is 24.5 Å². The molecule has 0 saturated heterocycles. The quantitative estimate of drug-likeness (QED) is 0.706. The van der Waals surface area contributed by atoms with Crippen LogP contribution >= 0.6 is 0 Å². The first-order valence-corrected chi connectivity index (χ1v) is 7.20. The van der Waals surface area contributed by atoms with Crippen LogP contribution in [0.25, 0.3) is 0 Å². The Balaban J connectivity index is 2.30. The van der Waals surface area contributed by atoms with Crippen molar-refractivity contribution >= 4 is 0 Å². The van der Waals surface area contributed by atoms with E-state index in [9.17, 15) is 0 Å². The van der Waals surface area contributed by atoms with E-state index in [1.165, 1.54) is 38.5 Å². The average molecular weight is 242 g/mol. The molecule has 0 heterocycles. The third-order valence-electron chi connectivity index (χ3n) is 3.76. The van der Waals surface area contributed by atoms with E-state index in [4.69, 9.17) is 4.74 Å². The van der Waals surface area contributed by atoms with E-state index >= 15 is 0 Å². The third kappa shape index (κ3) is 5.84. The van der Waals surface area contributed by atoms with E-state index in [0.717, 1.165) is 25.7 Å². The summed E-state index contributed by atoms with van der Waals surface area (Å²) in [5, 5.41) is 3.57. The maximum atomic E-state index is 5.30. The Morgan fingerprint density at radius 1 is 1.29 bits per heavy atom. The number of ether oxygens (including phenoxy) is 1. The van der Waals surface area contributed by atoms with Gasteiger partial charge in [0, 0.05) is 25.7 Å². The first-order valence-electron chi connectivity index (χ1n) is 7.20. The van der Waals surface area contributed by atoms with Gasteiger partial charge in [0.1, 0.15) is 0 Å². The number of nitrogens with zero attached hydrogens (tertiary/aromatic N) is 1. The lowest BCUT2D eigenvalue weighted by molar-refractivity contribution is 0.120. The molecule has 0 aliphatic heterocycles. The number of hydrogen-bond acceptors (Lipinski definition) is 3.